The van der Waals surface area contributed by atoms with E-state index in [1.165, 1.54) is 11.8 Å². The fourth-order valence-electron chi connectivity index (χ4n) is 4.92. The number of rotatable bonds is 14. The molecule has 0 spiro atoms. The molecule has 12 heteroatoms. The topological polar surface area (TPSA) is 149 Å². The van der Waals surface area contributed by atoms with E-state index in [2.05, 4.69) is 20.8 Å². The summed E-state index contributed by atoms with van der Waals surface area (Å²) in [7, 11) is 0. The zero-order valence-corrected chi connectivity index (χ0v) is 24.9. The summed E-state index contributed by atoms with van der Waals surface area (Å²) in [6.07, 6.45) is 1.74. The monoisotopic (exact) mass is 617 g/mol. The van der Waals surface area contributed by atoms with Gasteiger partial charge < -0.3 is 25.0 Å². The second kappa shape index (κ2) is 15.6. The van der Waals surface area contributed by atoms with Gasteiger partial charge in [-0.25, -0.2) is 0 Å². The Hall–Kier alpha value is -4.10. The molecule has 4 aromatic rings. The molecule has 3 aromatic carbocycles. The highest BCUT2D eigenvalue weighted by molar-refractivity contribution is 7.99. The SMILES string of the molecule is O=C(O)CCCCCC(=O)Nc1cccc([C@H]2O[C@@H](CSc3nnnn3-c3ccccc3)C[C@@H](c3ccc(CO)cc3)O2)c1. The lowest BCUT2D eigenvalue weighted by molar-refractivity contribution is -0.245. The van der Waals surface area contributed by atoms with E-state index in [9.17, 15) is 14.7 Å². The summed E-state index contributed by atoms with van der Waals surface area (Å²) in [6.45, 7) is -0.0339. The molecular weight excluding hydrogens is 582 g/mol. The van der Waals surface area contributed by atoms with Crippen LogP contribution in [-0.4, -0.2) is 54.2 Å². The highest BCUT2D eigenvalue weighted by atomic mass is 32.2. The molecule has 11 nitrogen and oxygen atoms in total. The molecule has 0 bridgehead atoms. The normalized spacial score (nSPS) is 18.2. The fourth-order valence-corrected chi connectivity index (χ4v) is 5.82. The summed E-state index contributed by atoms with van der Waals surface area (Å²) in [5.41, 5.74) is 4.07. The summed E-state index contributed by atoms with van der Waals surface area (Å²) < 4.78 is 14.6. The number of thioether (sulfide) groups is 1. The van der Waals surface area contributed by atoms with E-state index in [0.717, 1.165) is 22.4 Å². The quantitative estimate of drug-likeness (QED) is 0.123. The number of carbonyl (C=O) groups is 2. The standard InChI is InChI=1S/C32H35N5O6S/c38-20-22-14-16-23(17-15-22)28-19-27(21-44-32-34-35-36-37(32)26-10-3-1-4-11-26)42-31(43-28)24-8-7-9-25(18-24)33-29(39)12-5-2-6-13-30(40)41/h1,3-4,7-11,14-18,27-28,31,38H,2,5-6,12-13,19-21H2,(H,33,39)(H,40,41)/t27-,28+,31+/m1/s1. The second-order valence-corrected chi connectivity index (χ2v) is 11.5. The maximum absolute atomic E-state index is 12.5. The van der Waals surface area contributed by atoms with Crippen molar-refractivity contribution >= 4 is 29.3 Å². The molecule has 1 fully saturated rings. The summed E-state index contributed by atoms with van der Waals surface area (Å²) in [5.74, 6) is -0.372. The van der Waals surface area contributed by atoms with E-state index >= 15 is 0 Å². The van der Waals surface area contributed by atoms with Crippen LogP contribution >= 0.6 is 11.8 Å². The molecule has 0 saturated carbocycles. The number of para-hydroxylation sites is 1. The fraction of sp³-hybridized carbons (Fsp3) is 0.344. The number of unbranched alkanes of at least 4 members (excludes halogenated alkanes) is 2. The van der Waals surface area contributed by atoms with Crippen LogP contribution in [0.5, 0.6) is 0 Å². The Labute approximate surface area is 259 Å². The molecule has 0 unspecified atom stereocenters. The minimum atomic E-state index is -0.823. The zero-order valence-electron chi connectivity index (χ0n) is 24.1. The van der Waals surface area contributed by atoms with Crippen molar-refractivity contribution in [3.05, 3.63) is 95.6 Å². The molecule has 3 atom stereocenters. The summed E-state index contributed by atoms with van der Waals surface area (Å²) in [4.78, 5) is 23.2. The van der Waals surface area contributed by atoms with Crippen molar-refractivity contribution in [3.63, 3.8) is 0 Å². The number of nitrogens with one attached hydrogen (secondary N) is 1. The van der Waals surface area contributed by atoms with Crippen LogP contribution < -0.4 is 5.32 Å². The lowest BCUT2D eigenvalue weighted by atomic mass is 10.0. The largest absolute Gasteiger partial charge is 0.481 e. The van der Waals surface area contributed by atoms with Crippen molar-refractivity contribution < 1.29 is 29.3 Å². The first-order valence-corrected chi connectivity index (χ1v) is 15.6. The number of aliphatic hydroxyl groups excluding tert-OH is 1. The molecule has 5 rings (SSSR count). The predicted molar refractivity (Wildman–Crippen MR) is 164 cm³/mol. The van der Waals surface area contributed by atoms with Crippen molar-refractivity contribution in [3.8, 4) is 5.69 Å². The highest BCUT2D eigenvalue weighted by Crippen LogP contribution is 2.40. The van der Waals surface area contributed by atoms with Gasteiger partial charge in [-0.15, -0.1) is 5.10 Å². The zero-order chi connectivity index (χ0) is 30.7. The molecule has 1 saturated heterocycles. The maximum atomic E-state index is 12.5. The number of tetrazole rings is 1. The highest BCUT2D eigenvalue weighted by Gasteiger charge is 2.33. The van der Waals surface area contributed by atoms with Crippen LogP contribution in [0.4, 0.5) is 5.69 Å². The van der Waals surface area contributed by atoms with Crippen molar-refractivity contribution in [1.29, 1.82) is 0 Å². The van der Waals surface area contributed by atoms with Crippen molar-refractivity contribution in [2.45, 2.75) is 68.8 Å². The van der Waals surface area contributed by atoms with E-state index in [1.807, 2.05) is 78.9 Å². The van der Waals surface area contributed by atoms with Crippen LogP contribution in [0.15, 0.2) is 84.0 Å². The van der Waals surface area contributed by atoms with Gasteiger partial charge in [0.05, 0.1) is 24.5 Å². The van der Waals surface area contributed by atoms with Crippen LogP contribution in [0, 0.1) is 0 Å². The number of hydrogen-bond acceptors (Lipinski definition) is 9. The van der Waals surface area contributed by atoms with Crippen molar-refractivity contribution in [1.82, 2.24) is 20.2 Å². The van der Waals surface area contributed by atoms with Crippen LogP contribution in [0.2, 0.25) is 0 Å². The van der Waals surface area contributed by atoms with Gasteiger partial charge in [-0.3, -0.25) is 9.59 Å². The third kappa shape index (κ3) is 8.73. The molecule has 44 heavy (non-hydrogen) atoms. The molecule has 1 aliphatic rings. The first kappa shape index (κ1) is 31.3. The van der Waals surface area contributed by atoms with Gasteiger partial charge in [0.15, 0.2) is 6.29 Å². The number of aliphatic hydroxyl groups is 1. The molecule has 2 heterocycles. The van der Waals surface area contributed by atoms with Crippen molar-refractivity contribution in [2.24, 2.45) is 0 Å². The molecule has 1 aliphatic heterocycles. The minimum absolute atomic E-state index is 0.0339. The Morgan fingerprint density at radius 1 is 0.932 bits per heavy atom. The predicted octanol–water partition coefficient (Wildman–Crippen LogP) is 5.47. The molecule has 1 amide bonds. The van der Waals surface area contributed by atoms with Gasteiger partial charge >= 0.3 is 5.97 Å². The first-order valence-electron chi connectivity index (χ1n) is 14.6. The number of carboxylic acids is 1. The Bertz CT molecular complexity index is 1520. The van der Waals surface area contributed by atoms with Gasteiger partial charge in [-0.1, -0.05) is 72.8 Å². The van der Waals surface area contributed by atoms with Gasteiger partial charge in [-0.05, 0) is 58.7 Å². The number of anilines is 1. The minimum Gasteiger partial charge on any atom is -0.481 e. The number of aromatic nitrogens is 4. The average molecular weight is 618 g/mol. The Morgan fingerprint density at radius 2 is 1.73 bits per heavy atom. The van der Waals surface area contributed by atoms with Gasteiger partial charge in [0.25, 0.3) is 0 Å². The second-order valence-electron chi connectivity index (χ2n) is 10.5. The van der Waals surface area contributed by atoms with Gasteiger partial charge in [0, 0.05) is 36.3 Å². The van der Waals surface area contributed by atoms with E-state index in [1.54, 1.807) is 4.68 Å². The van der Waals surface area contributed by atoms with E-state index in [4.69, 9.17) is 14.6 Å². The summed E-state index contributed by atoms with van der Waals surface area (Å²) >= 11 is 1.50. The van der Waals surface area contributed by atoms with Crippen LogP contribution in [0.25, 0.3) is 5.69 Å². The smallest absolute Gasteiger partial charge is 0.303 e. The first-order chi connectivity index (χ1) is 21.5. The number of ether oxygens (including phenoxy) is 2. The molecule has 0 radical (unpaired) electrons. The molecule has 0 aliphatic carbocycles. The van der Waals surface area contributed by atoms with E-state index < -0.39 is 12.3 Å². The van der Waals surface area contributed by atoms with Crippen LogP contribution in [0.3, 0.4) is 0 Å². The average Bonchev–Trinajstić information content (AvgIpc) is 3.53. The van der Waals surface area contributed by atoms with Gasteiger partial charge in [-0.2, -0.15) is 4.68 Å². The summed E-state index contributed by atoms with van der Waals surface area (Å²) in [5, 5.41) is 34.1. The van der Waals surface area contributed by atoms with Crippen LogP contribution in [0.1, 0.15) is 67.6 Å². The molecule has 1 aromatic heterocycles. The number of hydrogen-bond donors (Lipinski definition) is 3. The summed E-state index contributed by atoms with van der Waals surface area (Å²) in [6, 6.07) is 24.8. The Kier molecular flexibility index (Phi) is 11.1. The lowest BCUT2D eigenvalue weighted by Crippen LogP contribution is -2.31. The number of carboxylic acid groups (broad SMARTS) is 1. The number of amides is 1. The Balaban J connectivity index is 1.27. The van der Waals surface area contributed by atoms with Crippen molar-refractivity contribution in [2.75, 3.05) is 11.1 Å². The maximum Gasteiger partial charge on any atom is 0.303 e. The van der Waals surface area contributed by atoms with E-state index in [0.29, 0.717) is 48.7 Å². The molecule has 3 N–H and O–H groups in total. The molecular formula is C32H35N5O6S. The van der Waals surface area contributed by atoms with Gasteiger partial charge in [0.2, 0.25) is 11.1 Å². The third-order valence-corrected chi connectivity index (χ3v) is 8.24. The number of nitrogens with zero attached hydrogens (tertiary/aromatic N) is 4. The third-order valence-electron chi connectivity index (χ3n) is 7.19. The van der Waals surface area contributed by atoms with E-state index in [-0.39, 0.29) is 31.1 Å². The van der Waals surface area contributed by atoms with Crippen LogP contribution in [-0.2, 0) is 25.7 Å². The molecule has 230 valence electrons. The lowest BCUT2D eigenvalue weighted by Gasteiger charge is -2.36. The number of carbonyl (C=O) groups excluding carboxylic acids is 1. The Morgan fingerprint density at radius 3 is 2.50 bits per heavy atom. The van der Waals surface area contributed by atoms with Gasteiger partial charge in [0.1, 0.15) is 0 Å². The number of benzene rings is 3. The number of aliphatic carboxylic acids is 1.